The van der Waals surface area contributed by atoms with Crippen LogP contribution in [0.1, 0.15) is 33.8 Å². The molecule has 2 rings (SSSR count). The fourth-order valence-corrected chi connectivity index (χ4v) is 2.46. The smallest absolute Gasteiger partial charge is 0.106 e. The highest BCUT2D eigenvalue weighted by Gasteiger charge is 2.08. The van der Waals surface area contributed by atoms with Gasteiger partial charge in [-0.1, -0.05) is 17.7 Å². The number of hydrogen-bond acceptors (Lipinski definition) is 2. The number of aromatic nitrogens is 2. The SMILES string of the molecule is Cc1cc(C)c(Cn2cc(CN)nc2C)c(C)c1. The summed E-state index contributed by atoms with van der Waals surface area (Å²) in [6, 6.07) is 4.47. The first-order valence-corrected chi connectivity index (χ1v) is 6.30. The van der Waals surface area contributed by atoms with Gasteiger partial charge in [0.25, 0.3) is 0 Å². The van der Waals surface area contributed by atoms with Crippen molar-refractivity contribution in [1.29, 1.82) is 0 Å². The van der Waals surface area contributed by atoms with Gasteiger partial charge in [-0.05, 0) is 44.4 Å². The van der Waals surface area contributed by atoms with E-state index in [0.717, 1.165) is 18.1 Å². The minimum atomic E-state index is 0.500. The highest BCUT2D eigenvalue weighted by molar-refractivity contribution is 5.37. The summed E-state index contributed by atoms with van der Waals surface area (Å²) in [6.45, 7) is 9.88. The highest BCUT2D eigenvalue weighted by Crippen LogP contribution is 2.18. The van der Waals surface area contributed by atoms with Crippen LogP contribution in [0.3, 0.4) is 0 Å². The van der Waals surface area contributed by atoms with Crippen LogP contribution in [-0.2, 0) is 13.1 Å². The van der Waals surface area contributed by atoms with E-state index in [4.69, 9.17) is 5.73 Å². The molecule has 0 fully saturated rings. The van der Waals surface area contributed by atoms with E-state index < -0.39 is 0 Å². The molecule has 0 spiro atoms. The van der Waals surface area contributed by atoms with Gasteiger partial charge in [-0.2, -0.15) is 0 Å². The van der Waals surface area contributed by atoms with Gasteiger partial charge in [0.05, 0.1) is 5.69 Å². The lowest BCUT2D eigenvalue weighted by atomic mass is 10.00. The highest BCUT2D eigenvalue weighted by atomic mass is 15.1. The largest absolute Gasteiger partial charge is 0.330 e. The molecule has 0 bridgehead atoms. The van der Waals surface area contributed by atoms with Crippen LogP contribution in [0.15, 0.2) is 18.3 Å². The Balaban J connectivity index is 2.36. The second kappa shape index (κ2) is 4.94. The maximum atomic E-state index is 5.63. The molecule has 1 aromatic carbocycles. The monoisotopic (exact) mass is 243 g/mol. The lowest BCUT2D eigenvalue weighted by molar-refractivity contribution is 0.753. The average Bonchev–Trinajstić information content (AvgIpc) is 2.64. The van der Waals surface area contributed by atoms with Gasteiger partial charge in [-0.15, -0.1) is 0 Å². The van der Waals surface area contributed by atoms with Crippen LogP contribution in [0.5, 0.6) is 0 Å². The summed E-state index contributed by atoms with van der Waals surface area (Å²) < 4.78 is 2.17. The molecule has 0 saturated heterocycles. The molecule has 18 heavy (non-hydrogen) atoms. The summed E-state index contributed by atoms with van der Waals surface area (Å²) in [5.74, 6) is 1.02. The van der Waals surface area contributed by atoms with E-state index >= 15 is 0 Å². The fraction of sp³-hybridized carbons (Fsp3) is 0.400. The minimum Gasteiger partial charge on any atom is -0.330 e. The van der Waals surface area contributed by atoms with E-state index in [0.29, 0.717) is 6.54 Å². The Kier molecular flexibility index (Phi) is 3.53. The first-order chi connectivity index (χ1) is 8.51. The Bertz CT molecular complexity index is 544. The number of hydrogen-bond donors (Lipinski definition) is 1. The second-order valence-electron chi connectivity index (χ2n) is 4.99. The zero-order chi connectivity index (χ0) is 13.3. The molecule has 0 saturated carbocycles. The third-order valence-electron chi connectivity index (χ3n) is 3.40. The molecule has 3 nitrogen and oxygen atoms in total. The molecule has 3 heteroatoms. The standard InChI is InChI=1S/C15H21N3/c1-10-5-11(2)15(12(3)6-10)9-18-8-14(7-16)17-13(18)4/h5-6,8H,7,9,16H2,1-4H3. The lowest BCUT2D eigenvalue weighted by Gasteiger charge is -2.13. The van der Waals surface area contributed by atoms with Crippen LogP contribution in [0.4, 0.5) is 0 Å². The van der Waals surface area contributed by atoms with E-state index in [1.807, 2.05) is 13.1 Å². The first-order valence-electron chi connectivity index (χ1n) is 6.30. The molecule has 0 aliphatic heterocycles. The van der Waals surface area contributed by atoms with Crippen LogP contribution < -0.4 is 5.73 Å². The predicted octanol–water partition coefficient (Wildman–Crippen LogP) is 2.62. The van der Waals surface area contributed by atoms with Gasteiger partial charge in [-0.3, -0.25) is 0 Å². The Labute approximate surface area is 109 Å². The predicted molar refractivity (Wildman–Crippen MR) is 74.6 cm³/mol. The van der Waals surface area contributed by atoms with Gasteiger partial charge in [0, 0.05) is 19.3 Å². The lowest BCUT2D eigenvalue weighted by Crippen LogP contribution is -2.05. The minimum absolute atomic E-state index is 0.500. The van der Waals surface area contributed by atoms with Crippen LogP contribution in [0.2, 0.25) is 0 Å². The van der Waals surface area contributed by atoms with Crippen LogP contribution in [-0.4, -0.2) is 9.55 Å². The van der Waals surface area contributed by atoms with Gasteiger partial charge in [0.2, 0.25) is 0 Å². The third-order valence-corrected chi connectivity index (χ3v) is 3.40. The number of imidazole rings is 1. The van der Waals surface area contributed by atoms with Gasteiger partial charge in [-0.25, -0.2) is 4.98 Å². The topological polar surface area (TPSA) is 43.8 Å². The van der Waals surface area contributed by atoms with Crippen LogP contribution in [0.25, 0.3) is 0 Å². The number of rotatable bonds is 3. The molecule has 0 atom stereocenters. The van der Waals surface area contributed by atoms with Crippen molar-refractivity contribution in [3.05, 3.63) is 52.1 Å². The van der Waals surface area contributed by atoms with Crippen molar-refractivity contribution in [2.75, 3.05) is 0 Å². The summed E-state index contributed by atoms with van der Waals surface area (Å²) in [4.78, 5) is 4.44. The second-order valence-corrected chi connectivity index (χ2v) is 4.99. The Morgan fingerprint density at radius 3 is 2.22 bits per heavy atom. The Morgan fingerprint density at radius 2 is 1.72 bits per heavy atom. The molecule has 0 unspecified atom stereocenters. The van der Waals surface area contributed by atoms with Crippen molar-refractivity contribution in [2.24, 2.45) is 5.73 Å². The number of benzene rings is 1. The van der Waals surface area contributed by atoms with Crippen molar-refractivity contribution in [3.8, 4) is 0 Å². The molecule has 0 aliphatic rings. The third kappa shape index (κ3) is 2.46. The van der Waals surface area contributed by atoms with Crippen LogP contribution >= 0.6 is 0 Å². The summed E-state index contributed by atoms with van der Waals surface area (Å²) in [5, 5.41) is 0. The number of aryl methyl sites for hydroxylation is 4. The normalized spacial score (nSPS) is 10.9. The molecule has 2 N–H and O–H groups in total. The van der Waals surface area contributed by atoms with E-state index in [1.54, 1.807) is 0 Å². The average molecular weight is 243 g/mol. The summed E-state index contributed by atoms with van der Waals surface area (Å²) in [6.07, 6.45) is 2.05. The van der Waals surface area contributed by atoms with Gasteiger partial charge in [0.15, 0.2) is 0 Å². The van der Waals surface area contributed by atoms with E-state index in [-0.39, 0.29) is 0 Å². The van der Waals surface area contributed by atoms with E-state index in [9.17, 15) is 0 Å². The summed E-state index contributed by atoms with van der Waals surface area (Å²) in [7, 11) is 0. The molecule has 0 radical (unpaired) electrons. The molecule has 96 valence electrons. The van der Waals surface area contributed by atoms with Crippen molar-refractivity contribution in [3.63, 3.8) is 0 Å². The molecular formula is C15H21N3. The van der Waals surface area contributed by atoms with E-state index in [1.165, 1.54) is 22.3 Å². The van der Waals surface area contributed by atoms with Gasteiger partial charge in [0.1, 0.15) is 5.82 Å². The fourth-order valence-electron chi connectivity index (χ4n) is 2.46. The quantitative estimate of drug-likeness (QED) is 0.900. The molecular weight excluding hydrogens is 222 g/mol. The first kappa shape index (κ1) is 12.8. The van der Waals surface area contributed by atoms with Gasteiger partial charge < -0.3 is 10.3 Å². The summed E-state index contributed by atoms with van der Waals surface area (Å²) in [5.41, 5.74) is 12.0. The van der Waals surface area contributed by atoms with Crippen molar-refractivity contribution >= 4 is 0 Å². The molecule has 1 heterocycles. The van der Waals surface area contributed by atoms with E-state index in [2.05, 4.69) is 42.5 Å². The van der Waals surface area contributed by atoms with Crippen molar-refractivity contribution in [1.82, 2.24) is 9.55 Å². The maximum absolute atomic E-state index is 5.63. The number of nitrogens with zero attached hydrogens (tertiary/aromatic N) is 2. The zero-order valence-electron chi connectivity index (χ0n) is 11.6. The molecule has 0 amide bonds. The molecule has 0 aliphatic carbocycles. The van der Waals surface area contributed by atoms with Crippen LogP contribution in [0, 0.1) is 27.7 Å². The Hall–Kier alpha value is -1.61. The maximum Gasteiger partial charge on any atom is 0.106 e. The van der Waals surface area contributed by atoms with Gasteiger partial charge >= 0.3 is 0 Å². The zero-order valence-corrected chi connectivity index (χ0v) is 11.6. The number of nitrogens with two attached hydrogens (primary N) is 1. The molecule has 1 aromatic heterocycles. The van der Waals surface area contributed by atoms with Crippen molar-refractivity contribution in [2.45, 2.75) is 40.8 Å². The van der Waals surface area contributed by atoms with Crippen molar-refractivity contribution < 1.29 is 0 Å². The molecule has 2 aromatic rings. The summed E-state index contributed by atoms with van der Waals surface area (Å²) >= 11 is 0. The Morgan fingerprint density at radius 1 is 1.11 bits per heavy atom.